The highest BCUT2D eigenvalue weighted by Gasteiger charge is 2.37. The number of nitrogens with zero attached hydrogens (tertiary/aromatic N) is 1. The molecule has 0 aliphatic carbocycles. The smallest absolute Gasteiger partial charge is 0.308 e. The standard InChI is InChI=1S/C18H18N2O4/c1-11-9-20(10-15(11)18(23)24)17(22)13-4-2-12(3-5-13)16(21)14-6-7-19-8-14/h2-8,11,15,19H,9-10H2,1H3,(H,23,24)/t11-,15-/m1/s1. The Morgan fingerprint density at radius 3 is 2.25 bits per heavy atom. The van der Waals surface area contributed by atoms with Crippen LogP contribution in [0.4, 0.5) is 0 Å². The SMILES string of the molecule is C[C@@H]1CN(C(=O)c2ccc(C(=O)c3cc[nH]c3)cc2)C[C@H]1C(=O)O. The Bertz CT molecular complexity index is 765. The van der Waals surface area contributed by atoms with Crippen LogP contribution in [0.5, 0.6) is 0 Å². The molecule has 2 aromatic rings. The van der Waals surface area contributed by atoms with Crippen LogP contribution in [0.1, 0.15) is 33.2 Å². The van der Waals surface area contributed by atoms with E-state index in [0.29, 0.717) is 23.2 Å². The van der Waals surface area contributed by atoms with E-state index in [0.717, 1.165) is 0 Å². The highest BCUT2D eigenvalue weighted by Crippen LogP contribution is 2.25. The minimum atomic E-state index is -0.870. The molecule has 3 rings (SSSR count). The van der Waals surface area contributed by atoms with E-state index >= 15 is 0 Å². The summed E-state index contributed by atoms with van der Waals surface area (Å²) >= 11 is 0. The van der Waals surface area contributed by atoms with Crippen molar-refractivity contribution in [3.8, 4) is 0 Å². The van der Waals surface area contributed by atoms with Crippen LogP contribution < -0.4 is 0 Å². The Labute approximate surface area is 139 Å². The van der Waals surface area contributed by atoms with E-state index < -0.39 is 11.9 Å². The van der Waals surface area contributed by atoms with Crippen LogP contribution in [-0.2, 0) is 4.79 Å². The second-order valence-corrected chi connectivity index (χ2v) is 6.14. The molecule has 0 saturated carbocycles. The van der Waals surface area contributed by atoms with Gasteiger partial charge in [0.15, 0.2) is 5.78 Å². The number of rotatable bonds is 4. The zero-order valence-corrected chi connectivity index (χ0v) is 13.2. The molecule has 1 saturated heterocycles. The lowest BCUT2D eigenvalue weighted by Gasteiger charge is -2.16. The number of aliphatic carboxylic acids is 1. The summed E-state index contributed by atoms with van der Waals surface area (Å²) in [5, 5.41) is 9.16. The molecule has 6 nitrogen and oxygen atoms in total. The average molecular weight is 326 g/mol. The third kappa shape index (κ3) is 2.95. The maximum atomic E-state index is 12.5. The summed E-state index contributed by atoms with van der Waals surface area (Å²) < 4.78 is 0. The van der Waals surface area contributed by atoms with Crippen molar-refractivity contribution in [3.05, 3.63) is 59.4 Å². The summed E-state index contributed by atoms with van der Waals surface area (Å²) in [6, 6.07) is 8.16. The van der Waals surface area contributed by atoms with Crippen molar-refractivity contribution in [2.24, 2.45) is 11.8 Å². The molecule has 0 spiro atoms. The fraction of sp³-hybridized carbons (Fsp3) is 0.278. The second kappa shape index (κ2) is 6.31. The highest BCUT2D eigenvalue weighted by molar-refractivity contribution is 6.09. The van der Waals surface area contributed by atoms with Gasteiger partial charge in [0.25, 0.3) is 5.91 Å². The van der Waals surface area contributed by atoms with E-state index in [1.807, 2.05) is 6.92 Å². The van der Waals surface area contributed by atoms with Crippen molar-refractivity contribution in [2.45, 2.75) is 6.92 Å². The van der Waals surface area contributed by atoms with Gasteiger partial charge >= 0.3 is 5.97 Å². The molecule has 1 aliphatic heterocycles. The van der Waals surface area contributed by atoms with E-state index in [1.165, 1.54) is 0 Å². The third-order valence-electron chi connectivity index (χ3n) is 4.47. The Kier molecular flexibility index (Phi) is 4.20. The summed E-state index contributed by atoms with van der Waals surface area (Å²) in [5.74, 6) is -1.78. The molecule has 124 valence electrons. The predicted octanol–water partition coefficient (Wildman–Crippen LogP) is 2.04. The van der Waals surface area contributed by atoms with Crippen molar-refractivity contribution in [3.63, 3.8) is 0 Å². The predicted molar refractivity (Wildman–Crippen MR) is 86.9 cm³/mol. The largest absolute Gasteiger partial charge is 0.481 e. The Morgan fingerprint density at radius 2 is 1.71 bits per heavy atom. The number of carboxylic acids is 1. The molecule has 2 N–H and O–H groups in total. The van der Waals surface area contributed by atoms with E-state index in [1.54, 1.807) is 47.6 Å². The molecule has 1 aromatic carbocycles. The van der Waals surface area contributed by atoms with Crippen molar-refractivity contribution in [2.75, 3.05) is 13.1 Å². The molecule has 24 heavy (non-hydrogen) atoms. The van der Waals surface area contributed by atoms with E-state index in [4.69, 9.17) is 5.11 Å². The number of likely N-dealkylation sites (tertiary alicyclic amines) is 1. The van der Waals surface area contributed by atoms with Crippen molar-refractivity contribution >= 4 is 17.7 Å². The molecule has 1 fully saturated rings. The van der Waals surface area contributed by atoms with Crippen LogP contribution >= 0.6 is 0 Å². The number of carboxylic acid groups (broad SMARTS) is 1. The maximum absolute atomic E-state index is 12.5. The minimum Gasteiger partial charge on any atom is -0.481 e. The number of amides is 1. The van der Waals surface area contributed by atoms with Crippen LogP contribution in [0.15, 0.2) is 42.7 Å². The summed E-state index contributed by atoms with van der Waals surface area (Å²) in [6.45, 7) is 2.49. The molecular weight excluding hydrogens is 308 g/mol. The normalized spacial score (nSPS) is 20.1. The van der Waals surface area contributed by atoms with Crippen LogP contribution in [0.25, 0.3) is 0 Å². The lowest BCUT2D eigenvalue weighted by Crippen LogP contribution is -2.29. The summed E-state index contributed by atoms with van der Waals surface area (Å²) in [5.41, 5.74) is 1.52. The molecule has 1 amide bonds. The van der Waals surface area contributed by atoms with Crippen LogP contribution in [0, 0.1) is 11.8 Å². The van der Waals surface area contributed by atoms with Gasteiger partial charge in [0.1, 0.15) is 0 Å². The van der Waals surface area contributed by atoms with Gasteiger partial charge in [-0.25, -0.2) is 0 Å². The molecule has 0 bridgehead atoms. The quantitative estimate of drug-likeness (QED) is 0.841. The molecular formula is C18H18N2O4. The third-order valence-corrected chi connectivity index (χ3v) is 4.47. The van der Waals surface area contributed by atoms with Gasteiger partial charge < -0.3 is 15.0 Å². The van der Waals surface area contributed by atoms with Crippen LogP contribution in [-0.4, -0.2) is 45.7 Å². The summed E-state index contributed by atoms with van der Waals surface area (Å²) in [7, 11) is 0. The first-order valence-electron chi connectivity index (χ1n) is 7.77. The van der Waals surface area contributed by atoms with E-state index in [-0.39, 0.29) is 24.2 Å². The fourth-order valence-corrected chi connectivity index (χ4v) is 3.03. The lowest BCUT2D eigenvalue weighted by atomic mass is 9.99. The molecule has 0 unspecified atom stereocenters. The minimum absolute atomic E-state index is 0.0686. The number of H-pyrrole nitrogens is 1. The molecule has 2 atom stereocenters. The molecule has 1 aromatic heterocycles. The summed E-state index contributed by atoms with van der Waals surface area (Å²) in [4.78, 5) is 40.3. The average Bonchev–Trinajstić information content (AvgIpc) is 3.23. The number of ketones is 1. The molecule has 2 heterocycles. The first-order chi connectivity index (χ1) is 11.5. The van der Waals surface area contributed by atoms with Gasteiger partial charge in [0.2, 0.25) is 0 Å². The number of carbonyl (C=O) groups excluding carboxylic acids is 2. The fourth-order valence-electron chi connectivity index (χ4n) is 3.03. The molecule has 6 heteroatoms. The monoisotopic (exact) mass is 326 g/mol. The molecule has 1 aliphatic rings. The van der Waals surface area contributed by atoms with Gasteiger partial charge in [-0.05, 0) is 24.1 Å². The van der Waals surface area contributed by atoms with Gasteiger partial charge in [0, 0.05) is 42.2 Å². The van der Waals surface area contributed by atoms with Crippen molar-refractivity contribution in [1.82, 2.24) is 9.88 Å². The number of aromatic amines is 1. The zero-order valence-electron chi connectivity index (χ0n) is 13.2. The van der Waals surface area contributed by atoms with Crippen LogP contribution in [0.2, 0.25) is 0 Å². The highest BCUT2D eigenvalue weighted by atomic mass is 16.4. The van der Waals surface area contributed by atoms with Gasteiger partial charge in [-0.1, -0.05) is 19.1 Å². The topological polar surface area (TPSA) is 90.5 Å². The van der Waals surface area contributed by atoms with E-state index in [9.17, 15) is 14.4 Å². The van der Waals surface area contributed by atoms with Crippen LogP contribution in [0.3, 0.4) is 0 Å². The van der Waals surface area contributed by atoms with Crippen molar-refractivity contribution < 1.29 is 19.5 Å². The zero-order chi connectivity index (χ0) is 17.3. The van der Waals surface area contributed by atoms with Gasteiger partial charge in [-0.3, -0.25) is 14.4 Å². The number of hydrogen-bond donors (Lipinski definition) is 2. The van der Waals surface area contributed by atoms with Gasteiger partial charge in [0.05, 0.1) is 5.92 Å². The Morgan fingerprint density at radius 1 is 1.04 bits per heavy atom. The number of hydrogen-bond acceptors (Lipinski definition) is 3. The first kappa shape index (κ1) is 16.0. The van der Waals surface area contributed by atoms with Gasteiger partial charge in [-0.15, -0.1) is 0 Å². The number of carbonyl (C=O) groups is 3. The number of nitrogens with one attached hydrogen (secondary N) is 1. The number of aromatic nitrogens is 1. The van der Waals surface area contributed by atoms with E-state index in [2.05, 4.69) is 4.98 Å². The number of benzene rings is 1. The van der Waals surface area contributed by atoms with Gasteiger partial charge in [-0.2, -0.15) is 0 Å². The Balaban J connectivity index is 1.73. The maximum Gasteiger partial charge on any atom is 0.308 e. The summed E-state index contributed by atoms with van der Waals surface area (Å²) in [6.07, 6.45) is 3.30. The first-order valence-corrected chi connectivity index (χ1v) is 7.77. The Hall–Kier alpha value is -2.89. The lowest BCUT2D eigenvalue weighted by molar-refractivity contribution is -0.142. The second-order valence-electron chi connectivity index (χ2n) is 6.14. The van der Waals surface area contributed by atoms with Crippen molar-refractivity contribution in [1.29, 1.82) is 0 Å². The molecule has 0 radical (unpaired) electrons.